The van der Waals surface area contributed by atoms with Crippen molar-refractivity contribution in [2.75, 3.05) is 0 Å². The average Bonchev–Trinajstić information content (AvgIpc) is 3.15. The summed E-state index contributed by atoms with van der Waals surface area (Å²) in [6.07, 6.45) is 6.22. The molecular formula is C19H19N3S2. The molecule has 0 saturated heterocycles. The zero-order valence-electron chi connectivity index (χ0n) is 13.4. The maximum atomic E-state index is 4.58. The molecule has 3 aromatic rings. The van der Waals surface area contributed by atoms with E-state index in [0.29, 0.717) is 11.3 Å². The van der Waals surface area contributed by atoms with Gasteiger partial charge in [-0.05, 0) is 54.7 Å². The van der Waals surface area contributed by atoms with Gasteiger partial charge < -0.3 is 0 Å². The van der Waals surface area contributed by atoms with Crippen LogP contribution in [0.1, 0.15) is 48.1 Å². The normalized spacial score (nSPS) is 20.1. The van der Waals surface area contributed by atoms with Gasteiger partial charge in [-0.3, -0.25) is 4.57 Å². The Balaban J connectivity index is 1.50. The van der Waals surface area contributed by atoms with E-state index in [4.69, 9.17) is 0 Å². The zero-order chi connectivity index (χ0) is 15.9. The standard InChI is InChI=1S/C19H19N3S2/c1-2-7-15-13(5-1)6-3-8-16(15)24-19-21-20-18(17-9-4-12-23-17)22(19)14-10-11-14/h1-2,4-5,7,9,12,14,16H,3,6,8,10-11H2. The fourth-order valence-corrected chi connectivity index (χ4v) is 5.59. The number of benzene rings is 1. The minimum absolute atomic E-state index is 0.507. The largest absolute Gasteiger partial charge is 0.298 e. The molecule has 0 amide bonds. The number of rotatable bonds is 4. The van der Waals surface area contributed by atoms with E-state index in [0.717, 1.165) is 11.0 Å². The van der Waals surface area contributed by atoms with E-state index in [-0.39, 0.29) is 0 Å². The van der Waals surface area contributed by atoms with Crippen LogP contribution in [0.25, 0.3) is 10.7 Å². The average molecular weight is 354 g/mol. The van der Waals surface area contributed by atoms with E-state index >= 15 is 0 Å². The fourth-order valence-electron chi connectivity index (χ4n) is 3.55. The third-order valence-corrected chi connectivity index (χ3v) is 7.01. The Bertz CT molecular complexity index is 849. The first kappa shape index (κ1) is 14.7. The molecular weight excluding hydrogens is 334 g/mol. The van der Waals surface area contributed by atoms with E-state index in [2.05, 4.69) is 56.5 Å². The number of aryl methyl sites for hydroxylation is 1. The summed E-state index contributed by atoms with van der Waals surface area (Å²) >= 11 is 3.67. The maximum absolute atomic E-state index is 4.58. The Hall–Kier alpha value is -1.59. The van der Waals surface area contributed by atoms with Crippen LogP contribution in [-0.4, -0.2) is 14.8 Å². The minimum atomic E-state index is 0.507. The third kappa shape index (κ3) is 2.60. The lowest BCUT2D eigenvalue weighted by Gasteiger charge is -2.24. The fraction of sp³-hybridized carbons (Fsp3) is 0.368. The van der Waals surface area contributed by atoms with Crippen LogP contribution in [0, 0.1) is 0 Å². The summed E-state index contributed by atoms with van der Waals surface area (Å²) < 4.78 is 2.40. The number of hydrogen-bond acceptors (Lipinski definition) is 4. The van der Waals surface area contributed by atoms with E-state index in [1.165, 1.54) is 48.1 Å². The first-order chi connectivity index (χ1) is 11.9. The van der Waals surface area contributed by atoms with E-state index in [1.807, 2.05) is 11.8 Å². The highest BCUT2D eigenvalue weighted by Crippen LogP contribution is 2.47. The van der Waals surface area contributed by atoms with Crippen molar-refractivity contribution in [2.24, 2.45) is 0 Å². The molecule has 24 heavy (non-hydrogen) atoms. The molecule has 1 saturated carbocycles. The highest BCUT2D eigenvalue weighted by molar-refractivity contribution is 7.99. The predicted molar refractivity (Wildman–Crippen MR) is 99.6 cm³/mol. The highest BCUT2D eigenvalue weighted by Gasteiger charge is 2.32. The van der Waals surface area contributed by atoms with Gasteiger partial charge in [0.2, 0.25) is 0 Å². The van der Waals surface area contributed by atoms with Gasteiger partial charge in [0.1, 0.15) is 0 Å². The summed E-state index contributed by atoms with van der Waals surface area (Å²) in [4.78, 5) is 1.23. The lowest BCUT2D eigenvalue weighted by atomic mass is 9.91. The van der Waals surface area contributed by atoms with Gasteiger partial charge in [0, 0.05) is 11.3 Å². The molecule has 5 rings (SSSR count). The van der Waals surface area contributed by atoms with Crippen molar-refractivity contribution in [3.8, 4) is 10.7 Å². The van der Waals surface area contributed by atoms with Crippen molar-refractivity contribution in [3.63, 3.8) is 0 Å². The second-order valence-electron chi connectivity index (χ2n) is 6.58. The van der Waals surface area contributed by atoms with Gasteiger partial charge in [0.25, 0.3) is 0 Å². The highest BCUT2D eigenvalue weighted by atomic mass is 32.2. The molecule has 0 bridgehead atoms. The topological polar surface area (TPSA) is 30.7 Å². The van der Waals surface area contributed by atoms with E-state index in [9.17, 15) is 0 Å². The molecule has 2 aliphatic rings. The maximum Gasteiger partial charge on any atom is 0.192 e. The number of fused-ring (bicyclic) bond motifs is 1. The van der Waals surface area contributed by atoms with Crippen molar-refractivity contribution >= 4 is 23.1 Å². The summed E-state index contributed by atoms with van der Waals surface area (Å²) in [6, 6.07) is 13.7. The van der Waals surface area contributed by atoms with Gasteiger partial charge in [0.15, 0.2) is 11.0 Å². The quantitative estimate of drug-likeness (QED) is 0.619. The molecule has 0 N–H and O–H groups in total. The molecule has 5 heteroatoms. The van der Waals surface area contributed by atoms with Crippen molar-refractivity contribution < 1.29 is 0 Å². The SMILES string of the molecule is c1csc(-c2nnc(SC3CCCc4ccccc43)n2C2CC2)c1. The number of thioether (sulfide) groups is 1. The zero-order valence-corrected chi connectivity index (χ0v) is 15.0. The predicted octanol–water partition coefficient (Wildman–Crippen LogP) is 5.51. The summed E-state index contributed by atoms with van der Waals surface area (Å²) in [5.74, 6) is 1.05. The number of nitrogens with zero attached hydrogens (tertiary/aromatic N) is 3. The minimum Gasteiger partial charge on any atom is -0.298 e. The molecule has 1 aromatic carbocycles. The second-order valence-corrected chi connectivity index (χ2v) is 8.70. The van der Waals surface area contributed by atoms with Crippen LogP contribution in [0.5, 0.6) is 0 Å². The van der Waals surface area contributed by atoms with E-state index < -0.39 is 0 Å². The Morgan fingerprint density at radius 3 is 2.79 bits per heavy atom. The van der Waals surface area contributed by atoms with Gasteiger partial charge in [-0.15, -0.1) is 21.5 Å². The first-order valence-electron chi connectivity index (χ1n) is 8.63. The summed E-state index contributed by atoms with van der Waals surface area (Å²) in [7, 11) is 0. The van der Waals surface area contributed by atoms with Crippen molar-refractivity contribution in [1.82, 2.24) is 14.8 Å². The third-order valence-electron chi connectivity index (χ3n) is 4.88. The number of aromatic nitrogens is 3. The van der Waals surface area contributed by atoms with Crippen LogP contribution in [-0.2, 0) is 6.42 Å². The summed E-state index contributed by atoms with van der Waals surface area (Å²) in [6.45, 7) is 0. The second kappa shape index (κ2) is 6.05. The van der Waals surface area contributed by atoms with Crippen molar-refractivity contribution in [3.05, 3.63) is 52.9 Å². The molecule has 0 spiro atoms. The van der Waals surface area contributed by atoms with Gasteiger partial charge >= 0.3 is 0 Å². The Labute approximate surface area is 150 Å². The molecule has 122 valence electrons. The molecule has 2 aliphatic carbocycles. The molecule has 1 fully saturated rings. The lowest BCUT2D eigenvalue weighted by Crippen LogP contribution is -2.08. The van der Waals surface area contributed by atoms with Gasteiger partial charge in [-0.1, -0.05) is 42.1 Å². The molecule has 2 heterocycles. The van der Waals surface area contributed by atoms with Crippen molar-refractivity contribution in [1.29, 1.82) is 0 Å². The van der Waals surface area contributed by atoms with Crippen LogP contribution >= 0.6 is 23.1 Å². The summed E-state index contributed by atoms with van der Waals surface area (Å²) in [5.41, 5.74) is 3.01. The van der Waals surface area contributed by atoms with E-state index in [1.54, 1.807) is 11.3 Å². The smallest absolute Gasteiger partial charge is 0.192 e. The first-order valence-corrected chi connectivity index (χ1v) is 10.4. The molecule has 0 aliphatic heterocycles. The van der Waals surface area contributed by atoms with Crippen LogP contribution in [0.3, 0.4) is 0 Å². The summed E-state index contributed by atoms with van der Waals surface area (Å²) in [5, 5.41) is 12.9. The Morgan fingerprint density at radius 2 is 1.96 bits per heavy atom. The monoisotopic (exact) mass is 353 g/mol. The van der Waals surface area contributed by atoms with Gasteiger partial charge in [-0.2, -0.15) is 0 Å². The Morgan fingerprint density at radius 1 is 1.04 bits per heavy atom. The van der Waals surface area contributed by atoms with Gasteiger partial charge in [-0.25, -0.2) is 0 Å². The van der Waals surface area contributed by atoms with Crippen LogP contribution < -0.4 is 0 Å². The number of thiophene rings is 1. The van der Waals surface area contributed by atoms with Crippen LogP contribution in [0.4, 0.5) is 0 Å². The molecule has 0 radical (unpaired) electrons. The molecule has 2 aromatic heterocycles. The molecule has 3 nitrogen and oxygen atoms in total. The molecule has 1 unspecified atom stereocenters. The van der Waals surface area contributed by atoms with Crippen molar-refractivity contribution in [2.45, 2.75) is 48.6 Å². The molecule has 1 atom stereocenters. The number of hydrogen-bond donors (Lipinski definition) is 0. The lowest BCUT2D eigenvalue weighted by molar-refractivity contribution is 0.649. The van der Waals surface area contributed by atoms with Crippen LogP contribution in [0.15, 0.2) is 46.9 Å². The Kier molecular flexibility index (Phi) is 3.71. The van der Waals surface area contributed by atoms with Gasteiger partial charge in [0.05, 0.1) is 4.88 Å². The van der Waals surface area contributed by atoms with Crippen LogP contribution in [0.2, 0.25) is 0 Å².